The molecule has 0 amide bonds. The molecule has 2 aliphatic heterocycles. The molecule has 0 aromatic heterocycles. The Hall–Kier alpha value is -0.750. The number of piperidine rings is 1. The van der Waals surface area contributed by atoms with E-state index in [1.165, 1.54) is 6.92 Å². The molecule has 2 fully saturated rings. The van der Waals surface area contributed by atoms with Crippen LogP contribution in [0.1, 0.15) is 33.1 Å². The second kappa shape index (κ2) is 4.42. The fraction of sp³-hybridized carbons (Fsp3) is 0.917. The number of halogens is 2. The van der Waals surface area contributed by atoms with Crippen molar-refractivity contribution in [3.8, 4) is 0 Å². The summed E-state index contributed by atoms with van der Waals surface area (Å²) in [6.07, 6.45) is 1.40. The van der Waals surface area contributed by atoms with Gasteiger partial charge in [0.15, 0.2) is 0 Å². The molecule has 104 valence electrons. The second-order valence-corrected chi connectivity index (χ2v) is 5.26. The summed E-state index contributed by atoms with van der Waals surface area (Å²) in [4.78, 5) is 11.4. The van der Waals surface area contributed by atoms with Gasteiger partial charge in [0.05, 0.1) is 6.61 Å². The summed E-state index contributed by atoms with van der Waals surface area (Å²) in [7, 11) is 0. The number of carbonyl (C=O) groups excluding carboxylic acids is 1. The molecule has 0 aliphatic carbocycles. The van der Waals surface area contributed by atoms with Crippen molar-refractivity contribution in [3.05, 3.63) is 0 Å². The summed E-state index contributed by atoms with van der Waals surface area (Å²) >= 11 is 0. The lowest BCUT2D eigenvalue weighted by Crippen LogP contribution is -2.66. The zero-order chi connectivity index (χ0) is 13.6. The van der Waals surface area contributed by atoms with Crippen LogP contribution < -0.4 is 5.32 Å². The molecule has 0 saturated carbocycles. The summed E-state index contributed by atoms with van der Waals surface area (Å²) < 4.78 is 32.7. The van der Waals surface area contributed by atoms with E-state index in [9.17, 15) is 18.7 Å². The van der Waals surface area contributed by atoms with Crippen LogP contribution in [0.4, 0.5) is 8.78 Å². The van der Waals surface area contributed by atoms with E-state index < -0.39 is 23.4 Å². The number of alkyl halides is 2. The number of aliphatic hydroxyl groups is 1. The first-order chi connectivity index (χ1) is 8.33. The average Bonchev–Trinajstić information content (AvgIpc) is 2.71. The molecule has 2 aliphatic rings. The highest BCUT2D eigenvalue weighted by molar-refractivity contribution is 5.79. The van der Waals surface area contributed by atoms with Crippen LogP contribution in [0, 0.1) is 5.92 Å². The van der Waals surface area contributed by atoms with E-state index in [-0.39, 0.29) is 25.1 Å². The van der Waals surface area contributed by atoms with E-state index >= 15 is 0 Å². The van der Waals surface area contributed by atoms with Gasteiger partial charge in [0.1, 0.15) is 5.60 Å². The third-order valence-corrected chi connectivity index (χ3v) is 4.27. The molecule has 4 unspecified atom stereocenters. The van der Waals surface area contributed by atoms with Gasteiger partial charge in [-0.3, -0.25) is 0 Å². The number of fused-ring (bicyclic) bond motifs is 2. The number of ether oxygens (including phenoxy) is 1. The van der Waals surface area contributed by atoms with Gasteiger partial charge >= 0.3 is 11.9 Å². The molecule has 2 N–H and O–H groups in total. The number of rotatable bonds is 3. The molecule has 2 saturated heterocycles. The molecule has 2 rings (SSSR count). The first kappa shape index (κ1) is 13.7. The molecule has 6 heteroatoms. The Bertz CT molecular complexity index is 350. The molecule has 0 aromatic carbocycles. The Labute approximate surface area is 105 Å². The van der Waals surface area contributed by atoms with Crippen molar-refractivity contribution in [1.29, 1.82) is 0 Å². The summed E-state index contributed by atoms with van der Waals surface area (Å²) in [5, 5.41) is 13.5. The lowest BCUT2D eigenvalue weighted by Gasteiger charge is -2.45. The predicted octanol–water partition coefficient (Wildman–Crippen LogP) is 1.08. The van der Waals surface area contributed by atoms with Gasteiger partial charge in [0.25, 0.3) is 0 Å². The minimum atomic E-state index is -3.86. The van der Waals surface area contributed by atoms with Crippen LogP contribution >= 0.6 is 0 Å². The van der Waals surface area contributed by atoms with Crippen molar-refractivity contribution in [2.45, 2.75) is 56.7 Å². The minimum Gasteiger partial charge on any atom is -0.461 e. The molecule has 4 atom stereocenters. The van der Waals surface area contributed by atoms with Crippen molar-refractivity contribution in [3.63, 3.8) is 0 Å². The third kappa shape index (κ3) is 1.82. The number of esters is 1. The maximum absolute atomic E-state index is 14.1. The summed E-state index contributed by atoms with van der Waals surface area (Å²) in [5.74, 6) is -6.16. The van der Waals surface area contributed by atoms with E-state index in [0.717, 1.165) is 12.8 Å². The van der Waals surface area contributed by atoms with Gasteiger partial charge in [-0.2, -0.15) is 8.78 Å². The molecule has 18 heavy (non-hydrogen) atoms. The van der Waals surface area contributed by atoms with Gasteiger partial charge in [0.2, 0.25) is 0 Å². The van der Waals surface area contributed by atoms with Gasteiger partial charge < -0.3 is 15.2 Å². The third-order valence-electron chi connectivity index (χ3n) is 4.27. The minimum absolute atomic E-state index is 0.115. The SMILES string of the molecule is CCOC(=O)C(F)(F)C1(O)CC2CCC(N2)C1C. The van der Waals surface area contributed by atoms with Crippen LogP contribution in [-0.4, -0.2) is 41.3 Å². The van der Waals surface area contributed by atoms with Crippen molar-refractivity contribution >= 4 is 5.97 Å². The van der Waals surface area contributed by atoms with Crippen molar-refractivity contribution in [2.75, 3.05) is 6.61 Å². The highest BCUT2D eigenvalue weighted by Crippen LogP contribution is 2.47. The van der Waals surface area contributed by atoms with E-state index in [4.69, 9.17) is 0 Å². The van der Waals surface area contributed by atoms with Gasteiger partial charge in [-0.05, 0) is 26.2 Å². The number of hydrogen-bond donors (Lipinski definition) is 2. The van der Waals surface area contributed by atoms with E-state index in [1.54, 1.807) is 6.92 Å². The fourth-order valence-electron chi connectivity index (χ4n) is 3.11. The van der Waals surface area contributed by atoms with Crippen LogP contribution in [0.5, 0.6) is 0 Å². The second-order valence-electron chi connectivity index (χ2n) is 5.26. The maximum atomic E-state index is 14.1. The molecule has 0 spiro atoms. The standard InChI is InChI=1S/C12H19F2NO3/c1-3-18-10(16)12(13,14)11(17)6-8-4-5-9(15-8)7(11)2/h7-9,15,17H,3-6H2,1-2H3. The smallest absolute Gasteiger partial charge is 0.380 e. The largest absolute Gasteiger partial charge is 0.461 e. The van der Waals surface area contributed by atoms with Gasteiger partial charge in [-0.25, -0.2) is 4.79 Å². The van der Waals surface area contributed by atoms with Crippen LogP contribution in [0.3, 0.4) is 0 Å². The van der Waals surface area contributed by atoms with Crippen LogP contribution in [0.15, 0.2) is 0 Å². The Morgan fingerprint density at radius 2 is 2.22 bits per heavy atom. The highest BCUT2D eigenvalue weighted by atomic mass is 19.3. The van der Waals surface area contributed by atoms with E-state index in [1.807, 2.05) is 0 Å². The zero-order valence-electron chi connectivity index (χ0n) is 10.6. The summed E-state index contributed by atoms with van der Waals surface area (Å²) in [6, 6.07) is -0.300. The Morgan fingerprint density at radius 3 is 2.83 bits per heavy atom. The quantitative estimate of drug-likeness (QED) is 0.748. The van der Waals surface area contributed by atoms with Gasteiger partial charge in [-0.15, -0.1) is 0 Å². The van der Waals surface area contributed by atoms with E-state index in [2.05, 4.69) is 10.1 Å². The topological polar surface area (TPSA) is 58.6 Å². The summed E-state index contributed by atoms with van der Waals surface area (Å²) in [5.41, 5.74) is -2.31. The number of hydrogen-bond acceptors (Lipinski definition) is 4. The van der Waals surface area contributed by atoms with Crippen LogP contribution in [0.2, 0.25) is 0 Å². The number of nitrogens with one attached hydrogen (secondary N) is 1. The Kier molecular flexibility index (Phi) is 3.36. The molecule has 2 heterocycles. The predicted molar refractivity (Wildman–Crippen MR) is 60.3 cm³/mol. The first-order valence-electron chi connectivity index (χ1n) is 6.36. The van der Waals surface area contributed by atoms with Gasteiger partial charge in [-0.1, -0.05) is 6.92 Å². The molecular weight excluding hydrogens is 244 g/mol. The Balaban J connectivity index is 2.26. The monoisotopic (exact) mass is 263 g/mol. The molecule has 0 radical (unpaired) electrons. The molecule has 4 nitrogen and oxygen atoms in total. The van der Waals surface area contributed by atoms with Crippen LogP contribution in [0.25, 0.3) is 0 Å². The Morgan fingerprint density at radius 1 is 1.56 bits per heavy atom. The lowest BCUT2D eigenvalue weighted by molar-refractivity contribution is -0.235. The summed E-state index contributed by atoms with van der Waals surface area (Å²) in [6.45, 7) is 2.91. The zero-order valence-corrected chi connectivity index (χ0v) is 10.6. The van der Waals surface area contributed by atoms with Gasteiger partial charge in [0, 0.05) is 18.0 Å². The van der Waals surface area contributed by atoms with Crippen LogP contribution in [-0.2, 0) is 9.53 Å². The molecular formula is C12H19F2NO3. The van der Waals surface area contributed by atoms with Crippen molar-refractivity contribution in [1.82, 2.24) is 5.32 Å². The normalized spacial score (nSPS) is 39.7. The highest BCUT2D eigenvalue weighted by Gasteiger charge is 2.66. The number of carbonyl (C=O) groups is 1. The lowest BCUT2D eigenvalue weighted by atomic mass is 9.74. The maximum Gasteiger partial charge on any atom is 0.380 e. The molecule has 0 aromatic rings. The van der Waals surface area contributed by atoms with Crippen molar-refractivity contribution in [2.24, 2.45) is 5.92 Å². The first-order valence-corrected chi connectivity index (χ1v) is 6.36. The fourth-order valence-corrected chi connectivity index (χ4v) is 3.11. The van der Waals surface area contributed by atoms with Crippen molar-refractivity contribution < 1.29 is 23.4 Å². The van der Waals surface area contributed by atoms with E-state index in [0.29, 0.717) is 0 Å². The molecule has 2 bridgehead atoms. The average molecular weight is 263 g/mol.